The Bertz CT molecular complexity index is 186. The van der Waals surface area contributed by atoms with Crippen LogP contribution in [0.2, 0.25) is 19.6 Å². The second-order valence-electron chi connectivity index (χ2n) is 4.88. The van der Waals surface area contributed by atoms with Crippen LogP contribution < -0.4 is 0 Å². The van der Waals surface area contributed by atoms with Gasteiger partial charge >= 0.3 is 0 Å². The Balaban J connectivity index is 2.62. The molecule has 0 saturated carbocycles. The number of hydrogen-bond donors (Lipinski definition) is 0. The van der Waals surface area contributed by atoms with Crippen LogP contribution in [0.15, 0.2) is 0 Å². The van der Waals surface area contributed by atoms with Gasteiger partial charge in [-0.25, -0.2) is 0 Å². The molecule has 2 nitrogen and oxygen atoms in total. The molecule has 0 N–H and O–H groups in total. The zero-order valence-electron chi connectivity index (χ0n) is 9.10. The first-order valence-corrected chi connectivity index (χ1v) is 8.77. The molecule has 1 heterocycles. The second-order valence-corrected chi connectivity index (χ2v) is 9.76. The van der Waals surface area contributed by atoms with Crippen molar-refractivity contribution in [3.8, 4) is 0 Å². The predicted octanol–water partition coefficient (Wildman–Crippen LogP) is 2.61. The summed E-state index contributed by atoms with van der Waals surface area (Å²) in [6.45, 7) is 7.78. The van der Waals surface area contributed by atoms with Crippen molar-refractivity contribution in [3.05, 3.63) is 0 Å². The van der Waals surface area contributed by atoms with E-state index in [4.69, 9.17) is 0 Å². The number of amides is 1. The monoisotopic (exact) mass is 199 g/mol. The molecule has 76 valence electrons. The van der Waals surface area contributed by atoms with E-state index in [0.29, 0.717) is 5.91 Å². The van der Waals surface area contributed by atoms with Crippen molar-refractivity contribution in [2.45, 2.75) is 51.7 Å². The van der Waals surface area contributed by atoms with Gasteiger partial charge in [0.25, 0.3) is 0 Å². The number of carbonyl (C=O) groups excluding carboxylic acids is 1. The van der Waals surface area contributed by atoms with Gasteiger partial charge in [-0.2, -0.15) is 0 Å². The summed E-state index contributed by atoms with van der Waals surface area (Å²) in [5, 5.41) is 0. The zero-order valence-corrected chi connectivity index (χ0v) is 10.1. The van der Waals surface area contributed by atoms with E-state index in [-0.39, 0.29) is 0 Å². The maximum absolute atomic E-state index is 11.8. The lowest BCUT2D eigenvalue weighted by molar-refractivity contribution is -0.127. The van der Waals surface area contributed by atoms with Gasteiger partial charge in [0.2, 0.25) is 5.91 Å². The topological polar surface area (TPSA) is 20.3 Å². The summed E-state index contributed by atoms with van der Waals surface area (Å²) >= 11 is 0. The van der Waals surface area contributed by atoms with E-state index in [0.717, 1.165) is 19.4 Å². The molecule has 0 aromatic rings. The summed E-state index contributed by atoms with van der Waals surface area (Å²) in [7, 11) is -1.39. The van der Waals surface area contributed by atoms with E-state index in [1.807, 2.05) is 0 Å². The quantitative estimate of drug-likeness (QED) is 0.594. The Labute approximate surface area is 82.4 Å². The van der Waals surface area contributed by atoms with Crippen LogP contribution in [0.5, 0.6) is 0 Å². The standard InChI is InChI=1S/C10H21NOSi/c1-13(2,3)11-9-7-5-4-6-8-10(11)12/h4-9H2,1-3H3. The van der Waals surface area contributed by atoms with Gasteiger partial charge in [0.15, 0.2) is 8.24 Å². The first-order chi connectivity index (χ1) is 6.02. The van der Waals surface area contributed by atoms with Crippen LogP contribution >= 0.6 is 0 Å². The third-order valence-electron chi connectivity index (χ3n) is 2.63. The fourth-order valence-corrected chi connectivity index (χ4v) is 3.56. The molecule has 0 aromatic heterocycles. The Hall–Kier alpha value is -0.313. The molecular formula is C10H21NOSi. The Kier molecular flexibility index (Phi) is 3.53. The minimum Gasteiger partial charge on any atom is -0.370 e. The normalized spacial score (nSPS) is 21.2. The van der Waals surface area contributed by atoms with Crippen LogP contribution in [-0.4, -0.2) is 25.3 Å². The highest BCUT2D eigenvalue weighted by atomic mass is 28.3. The van der Waals surface area contributed by atoms with Crippen LogP contribution in [0.1, 0.15) is 32.1 Å². The van der Waals surface area contributed by atoms with Gasteiger partial charge in [0.1, 0.15) is 0 Å². The maximum Gasteiger partial charge on any atom is 0.214 e. The van der Waals surface area contributed by atoms with E-state index in [1.165, 1.54) is 19.3 Å². The summed E-state index contributed by atoms with van der Waals surface area (Å²) < 4.78 is 2.17. The minimum absolute atomic E-state index is 0.402. The molecule has 3 heteroatoms. The van der Waals surface area contributed by atoms with Crippen LogP contribution in [0, 0.1) is 0 Å². The van der Waals surface area contributed by atoms with Crippen molar-refractivity contribution in [3.63, 3.8) is 0 Å². The van der Waals surface area contributed by atoms with E-state index in [2.05, 4.69) is 24.2 Å². The van der Waals surface area contributed by atoms with E-state index < -0.39 is 8.24 Å². The lowest BCUT2D eigenvalue weighted by Crippen LogP contribution is -2.50. The third kappa shape index (κ3) is 3.14. The first-order valence-electron chi connectivity index (χ1n) is 5.32. The fraction of sp³-hybridized carbons (Fsp3) is 0.900. The number of hydrogen-bond acceptors (Lipinski definition) is 1. The van der Waals surface area contributed by atoms with Gasteiger partial charge in [-0.1, -0.05) is 32.5 Å². The van der Waals surface area contributed by atoms with Crippen LogP contribution in [0.25, 0.3) is 0 Å². The fourth-order valence-electron chi connectivity index (χ4n) is 1.87. The van der Waals surface area contributed by atoms with Gasteiger partial charge in [-0.15, -0.1) is 0 Å². The van der Waals surface area contributed by atoms with E-state index in [1.54, 1.807) is 0 Å². The molecule has 0 radical (unpaired) electrons. The SMILES string of the molecule is C[Si](C)(C)N1CCCCCCC1=O. The molecule has 0 aromatic carbocycles. The molecule has 1 aliphatic heterocycles. The first kappa shape index (κ1) is 10.8. The maximum atomic E-state index is 11.8. The van der Waals surface area contributed by atoms with Crippen LogP contribution in [0.3, 0.4) is 0 Å². The number of rotatable bonds is 1. The molecule has 1 rings (SSSR count). The van der Waals surface area contributed by atoms with Crippen molar-refractivity contribution in [1.82, 2.24) is 4.57 Å². The van der Waals surface area contributed by atoms with Crippen LogP contribution in [-0.2, 0) is 4.79 Å². The molecule has 1 amide bonds. The average Bonchev–Trinajstić information content (AvgIpc) is 1.94. The van der Waals surface area contributed by atoms with Crippen molar-refractivity contribution < 1.29 is 4.79 Å². The predicted molar refractivity (Wildman–Crippen MR) is 58.1 cm³/mol. The Morgan fingerprint density at radius 3 is 2.31 bits per heavy atom. The van der Waals surface area contributed by atoms with Crippen molar-refractivity contribution in [1.29, 1.82) is 0 Å². The molecule has 0 unspecified atom stereocenters. The van der Waals surface area contributed by atoms with Gasteiger partial charge in [0.05, 0.1) is 0 Å². The molecule has 13 heavy (non-hydrogen) atoms. The Morgan fingerprint density at radius 2 is 1.69 bits per heavy atom. The third-order valence-corrected chi connectivity index (χ3v) is 4.73. The van der Waals surface area contributed by atoms with Gasteiger partial charge in [-0.3, -0.25) is 4.79 Å². The molecule has 0 atom stereocenters. The lowest BCUT2D eigenvalue weighted by atomic mass is 10.1. The van der Waals surface area contributed by atoms with Gasteiger partial charge in [0, 0.05) is 13.0 Å². The summed E-state index contributed by atoms with van der Waals surface area (Å²) in [5.74, 6) is 0.402. The molecular weight excluding hydrogens is 178 g/mol. The number of nitrogens with zero attached hydrogens (tertiary/aromatic N) is 1. The van der Waals surface area contributed by atoms with E-state index >= 15 is 0 Å². The summed E-state index contributed by atoms with van der Waals surface area (Å²) in [4.78, 5) is 11.8. The zero-order chi connectivity index (χ0) is 9.90. The lowest BCUT2D eigenvalue weighted by Gasteiger charge is -2.35. The highest BCUT2D eigenvalue weighted by molar-refractivity contribution is 6.75. The average molecular weight is 199 g/mol. The molecule has 1 fully saturated rings. The molecule has 0 bridgehead atoms. The van der Waals surface area contributed by atoms with Crippen molar-refractivity contribution >= 4 is 14.1 Å². The second kappa shape index (κ2) is 4.27. The molecule has 1 aliphatic rings. The smallest absolute Gasteiger partial charge is 0.214 e. The largest absolute Gasteiger partial charge is 0.370 e. The summed E-state index contributed by atoms with van der Waals surface area (Å²) in [6, 6.07) is 0. The van der Waals surface area contributed by atoms with E-state index in [9.17, 15) is 4.79 Å². The molecule has 1 saturated heterocycles. The van der Waals surface area contributed by atoms with Crippen molar-refractivity contribution in [2.75, 3.05) is 6.54 Å². The van der Waals surface area contributed by atoms with Gasteiger partial charge < -0.3 is 4.57 Å². The van der Waals surface area contributed by atoms with Crippen molar-refractivity contribution in [2.24, 2.45) is 0 Å². The van der Waals surface area contributed by atoms with Crippen LogP contribution in [0.4, 0.5) is 0 Å². The number of carbonyl (C=O) groups is 1. The Morgan fingerprint density at radius 1 is 1.08 bits per heavy atom. The highest BCUT2D eigenvalue weighted by Crippen LogP contribution is 2.17. The molecule has 0 spiro atoms. The summed E-state index contributed by atoms with van der Waals surface area (Å²) in [6.07, 6.45) is 5.62. The van der Waals surface area contributed by atoms with Gasteiger partial charge in [-0.05, 0) is 12.8 Å². The minimum atomic E-state index is -1.39. The summed E-state index contributed by atoms with van der Waals surface area (Å²) in [5.41, 5.74) is 0. The molecule has 0 aliphatic carbocycles. The highest BCUT2D eigenvalue weighted by Gasteiger charge is 2.28.